The van der Waals surface area contributed by atoms with Crippen molar-refractivity contribution >= 4 is 17.4 Å². The summed E-state index contributed by atoms with van der Waals surface area (Å²) in [6.07, 6.45) is -1.74. The maximum atomic E-state index is 14.7. The maximum Gasteiger partial charge on any atom is 0.417 e. The van der Waals surface area contributed by atoms with Crippen molar-refractivity contribution in [1.29, 1.82) is 0 Å². The van der Waals surface area contributed by atoms with Crippen LogP contribution in [0, 0.1) is 17.6 Å². The van der Waals surface area contributed by atoms with Crippen molar-refractivity contribution in [3.05, 3.63) is 74.7 Å². The van der Waals surface area contributed by atoms with Gasteiger partial charge in [-0.15, -0.1) is 0 Å². The number of piperidine rings is 1. The minimum Gasteiger partial charge on any atom is -0.473 e. The maximum absolute atomic E-state index is 14.7. The zero-order valence-corrected chi connectivity index (χ0v) is 20.7. The number of fused-ring (bicyclic) bond motifs is 5. The zero-order valence-electron chi connectivity index (χ0n) is 20.0. The second-order valence-electron chi connectivity index (χ2n) is 9.96. The molecule has 3 aromatic rings. The van der Waals surface area contributed by atoms with E-state index in [9.17, 15) is 26.7 Å². The summed E-state index contributed by atoms with van der Waals surface area (Å²) in [6.45, 7) is 2.39. The first-order valence-corrected chi connectivity index (χ1v) is 12.4. The van der Waals surface area contributed by atoms with Gasteiger partial charge in [-0.25, -0.2) is 13.6 Å². The summed E-state index contributed by atoms with van der Waals surface area (Å²) in [7, 11) is 0. The summed E-state index contributed by atoms with van der Waals surface area (Å²) in [5.74, 6) is -2.17. The van der Waals surface area contributed by atoms with Crippen molar-refractivity contribution < 1.29 is 31.4 Å². The SMILES string of the molecule is CCC12CC3CC3N1c1cc(OCc3cc(F)c(Oc4ccc(Cl)c(C(F)(F)F)c4)c(F)c3)nc(=O)n1C2. The molecule has 0 bridgehead atoms. The van der Waals surface area contributed by atoms with E-state index in [1.165, 1.54) is 0 Å². The third kappa shape index (κ3) is 4.07. The highest BCUT2D eigenvalue weighted by Gasteiger charge is 2.62. The molecule has 0 N–H and O–H groups in total. The van der Waals surface area contributed by atoms with Crippen molar-refractivity contribution in [3.63, 3.8) is 0 Å². The predicted octanol–water partition coefficient (Wildman–Crippen LogP) is 6.33. The molecule has 3 heterocycles. The van der Waals surface area contributed by atoms with E-state index >= 15 is 0 Å². The molecule has 6 nitrogen and oxygen atoms in total. The van der Waals surface area contributed by atoms with Crippen LogP contribution in [-0.2, 0) is 19.3 Å². The molecule has 3 atom stereocenters. The summed E-state index contributed by atoms with van der Waals surface area (Å²) in [6, 6.07) is 6.54. The van der Waals surface area contributed by atoms with Crippen LogP contribution >= 0.6 is 11.6 Å². The van der Waals surface area contributed by atoms with Crippen molar-refractivity contribution in [1.82, 2.24) is 9.55 Å². The van der Waals surface area contributed by atoms with E-state index < -0.39 is 45.6 Å². The molecule has 3 unspecified atom stereocenters. The van der Waals surface area contributed by atoms with Crippen LogP contribution in [0.1, 0.15) is 37.3 Å². The molecule has 6 rings (SSSR count). The summed E-state index contributed by atoms with van der Waals surface area (Å²) in [4.78, 5) is 19.0. The molecule has 12 heteroatoms. The van der Waals surface area contributed by atoms with E-state index in [0.717, 1.165) is 49.3 Å². The standard InChI is InChI=1S/C26H21ClF5N3O3/c1-2-25-10-14-7-20(14)35(25)22-9-21(33-24(36)34(22)12-25)37-11-13-5-18(28)23(19(29)6-13)38-15-3-4-17(27)16(8-15)26(30,31)32/h3-6,8-9,14,20H,2,7,10-12H2,1H3. The number of aromatic nitrogens is 2. The number of ether oxygens (including phenoxy) is 2. The number of nitrogens with zero attached hydrogens (tertiary/aromatic N) is 3. The summed E-state index contributed by atoms with van der Waals surface area (Å²) < 4.78 is 81.1. The summed E-state index contributed by atoms with van der Waals surface area (Å²) in [5, 5.41) is -0.569. The lowest BCUT2D eigenvalue weighted by Crippen LogP contribution is -2.43. The van der Waals surface area contributed by atoms with Gasteiger partial charge >= 0.3 is 11.9 Å². The first-order valence-electron chi connectivity index (χ1n) is 12.1. The molecule has 1 saturated heterocycles. The average molecular weight is 554 g/mol. The number of hydrogen-bond acceptors (Lipinski definition) is 5. The molecule has 1 aromatic heterocycles. The van der Waals surface area contributed by atoms with E-state index in [0.29, 0.717) is 24.6 Å². The molecule has 200 valence electrons. The number of rotatable bonds is 6. The fraction of sp³-hybridized carbons (Fsp3) is 0.385. The quantitative estimate of drug-likeness (QED) is 0.334. The molecule has 0 amide bonds. The van der Waals surface area contributed by atoms with Crippen molar-refractivity contribution in [2.45, 2.75) is 57.1 Å². The fourth-order valence-corrected chi connectivity index (χ4v) is 5.95. The lowest BCUT2D eigenvalue weighted by atomic mass is 9.91. The lowest BCUT2D eigenvalue weighted by Gasteiger charge is -2.34. The van der Waals surface area contributed by atoms with Gasteiger partial charge in [0.15, 0.2) is 17.4 Å². The van der Waals surface area contributed by atoms with Crippen LogP contribution in [-0.4, -0.2) is 21.1 Å². The Balaban J connectivity index is 1.20. The fourth-order valence-electron chi connectivity index (χ4n) is 5.73. The second-order valence-corrected chi connectivity index (χ2v) is 10.4. The minimum atomic E-state index is -4.77. The van der Waals surface area contributed by atoms with Crippen LogP contribution in [0.4, 0.5) is 27.8 Å². The molecule has 1 saturated carbocycles. The van der Waals surface area contributed by atoms with Gasteiger partial charge in [0.2, 0.25) is 5.88 Å². The molecule has 1 aliphatic carbocycles. The van der Waals surface area contributed by atoms with Crippen LogP contribution in [0.3, 0.4) is 0 Å². The third-order valence-electron chi connectivity index (χ3n) is 7.60. The molecular formula is C26H21ClF5N3O3. The minimum absolute atomic E-state index is 0.0410. The molecule has 2 aliphatic heterocycles. The van der Waals surface area contributed by atoms with E-state index in [1.54, 1.807) is 10.6 Å². The van der Waals surface area contributed by atoms with E-state index in [2.05, 4.69) is 16.8 Å². The van der Waals surface area contributed by atoms with Crippen molar-refractivity contribution in [2.75, 3.05) is 4.90 Å². The van der Waals surface area contributed by atoms with Gasteiger partial charge in [-0.1, -0.05) is 18.5 Å². The van der Waals surface area contributed by atoms with Crippen LogP contribution in [0.25, 0.3) is 0 Å². The molecule has 2 aromatic carbocycles. The highest BCUT2D eigenvalue weighted by atomic mass is 35.5. The molecule has 2 fully saturated rings. The highest BCUT2D eigenvalue weighted by molar-refractivity contribution is 6.31. The Morgan fingerprint density at radius 2 is 1.89 bits per heavy atom. The van der Waals surface area contributed by atoms with E-state index in [1.807, 2.05) is 0 Å². The largest absolute Gasteiger partial charge is 0.473 e. The number of halogens is 6. The number of anilines is 1. The number of benzene rings is 2. The van der Waals surface area contributed by atoms with Crippen LogP contribution in [0.15, 0.2) is 41.2 Å². The van der Waals surface area contributed by atoms with Gasteiger partial charge in [-0.05, 0) is 61.1 Å². The van der Waals surface area contributed by atoms with Gasteiger partial charge < -0.3 is 14.4 Å². The topological polar surface area (TPSA) is 56.6 Å². The van der Waals surface area contributed by atoms with Gasteiger partial charge in [-0.2, -0.15) is 18.2 Å². The zero-order chi connectivity index (χ0) is 27.0. The Morgan fingerprint density at radius 3 is 2.58 bits per heavy atom. The van der Waals surface area contributed by atoms with Gasteiger partial charge in [0.05, 0.1) is 22.7 Å². The summed E-state index contributed by atoms with van der Waals surface area (Å²) in [5.41, 5.74) is -1.65. The van der Waals surface area contributed by atoms with Crippen LogP contribution in [0.2, 0.25) is 5.02 Å². The van der Waals surface area contributed by atoms with E-state index in [-0.39, 0.29) is 23.6 Å². The Bertz CT molecular complexity index is 1490. The number of hydrogen-bond donors (Lipinski definition) is 0. The third-order valence-corrected chi connectivity index (χ3v) is 7.93. The predicted molar refractivity (Wildman–Crippen MR) is 128 cm³/mol. The van der Waals surface area contributed by atoms with Gasteiger partial charge in [0.1, 0.15) is 18.2 Å². The van der Waals surface area contributed by atoms with Gasteiger partial charge in [0.25, 0.3) is 0 Å². The Labute approximate surface area is 218 Å². The lowest BCUT2D eigenvalue weighted by molar-refractivity contribution is -0.137. The monoisotopic (exact) mass is 553 g/mol. The normalized spacial score (nSPS) is 23.2. The summed E-state index contributed by atoms with van der Waals surface area (Å²) >= 11 is 5.58. The molecule has 3 aliphatic rings. The number of alkyl halides is 3. The van der Waals surface area contributed by atoms with E-state index in [4.69, 9.17) is 21.1 Å². The van der Waals surface area contributed by atoms with Gasteiger partial charge in [-0.3, -0.25) is 4.57 Å². The smallest absolute Gasteiger partial charge is 0.417 e. The Kier molecular flexibility index (Phi) is 5.64. The second kappa shape index (κ2) is 8.59. The molecule has 0 spiro atoms. The van der Waals surface area contributed by atoms with Crippen molar-refractivity contribution in [2.24, 2.45) is 5.92 Å². The van der Waals surface area contributed by atoms with Crippen LogP contribution < -0.4 is 20.1 Å². The molecule has 38 heavy (non-hydrogen) atoms. The first-order chi connectivity index (χ1) is 18.0. The van der Waals surface area contributed by atoms with Crippen LogP contribution in [0.5, 0.6) is 17.4 Å². The van der Waals surface area contributed by atoms with Gasteiger partial charge in [0, 0.05) is 12.1 Å². The highest BCUT2D eigenvalue weighted by Crippen LogP contribution is 2.58. The molecule has 0 radical (unpaired) electrons. The van der Waals surface area contributed by atoms with Crippen molar-refractivity contribution in [3.8, 4) is 17.4 Å². The Hall–Kier alpha value is -3.34. The Morgan fingerprint density at radius 1 is 1.16 bits per heavy atom. The first kappa shape index (κ1) is 25.0. The average Bonchev–Trinajstić information content (AvgIpc) is 3.39. The molecular weight excluding hydrogens is 533 g/mol.